The lowest BCUT2D eigenvalue weighted by atomic mass is 9.85. The van der Waals surface area contributed by atoms with Crippen LogP contribution in [0.5, 0.6) is 5.75 Å². The van der Waals surface area contributed by atoms with Crippen LogP contribution in [0.3, 0.4) is 0 Å². The summed E-state index contributed by atoms with van der Waals surface area (Å²) in [6, 6.07) is 9.88. The van der Waals surface area contributed by atoms with E-state index in [2.05, 4.69) is 10.1 Å². The van der Waals surface area contributed by atoms with Gasteiger partial charge in [0.05, 0.1) is 22.0 Å². The molecule has 1 N–H and O–H groups in total. The number of nitro benzene ring substituents is 1. The summed E-state index contributed by atoms with van der Waals surface area (Å²) < 4.78 is 1.11. The summed E-state index contributed by atoms with van der Waals surface area (Å²) in [5.41, 5.74) is 0.232. The molecular formula is C20H20N4O4. The van der Waals surface area contributed by atoms with Gasteiger partial charge < -0.3 is 5.11 Å². The molecule has 0 amide bonds. The summed E-state index contributed by atoms with van der Waals surface area (Å²) in [4.78, 5) is 27.7. The number of rotatable bonds is 3. The number of phenols is 1. The van der Waals surface area contributed by atoms with E-state index in [1.165, 1.54) is 12.3 Å². The van der Waals surface area contributed by atoms with Crippen molar-refractivity contribution in [1.29, 1.82) is 0 Å². The average molecular weight is 380 g/mol. The van der Waals surface area contributed by atoms with Crippen LogP contribution in [0.25, 0.3) is 10.9 Å². The maximum Gasteiger partial charge on any atom is 0.311 e. The zero-order valence-electron chi connectivity index (χ0n) is 16.0. The Morgan fingerprint density at radius 2 is 1.93 bits per heavy atom. The molecule has 3 aromatic rings. The van der Waals surface area contributed by atoms with Crippen molar-refractivity contribution in [3.05, 3.63) is 73.8 Å². The average Bonchev–Trinajstić information content (AvgIpc) is 2.61. The normalized spacial score (nSPS) is 12.0. The van der Waals surface area contributed by atoms with Gasteiger partial charge in [-0.1, -0.05) is 32.9 Å². The van der Waals surface area contributed by atoms with Crippen LogP contribution in [0.15, 0.2) is 46.3 Å². The molecule has 0 bridgehead atoms. The van der Waals surface area contributed by atoms with Crippen molar-refractivity contribution in [3.8, 4) is 5.75 Å². The maximum absolute atomic E-state index is 12.7. The largest absolute Gasteiger partial charge is 0.502 e. The molecule has 0 saturated heterocycles. The molecule has 0 aliphatic heterocycles. The summed E-state index contributed by atoms with van der Waals surface area (Å²) in [6.45, 7) is 7.36. The number of nitrogens with zero attached hydrogens (tertiary/aromatic N) is 4. The molecule has 144 valence electrons. The third-order valence-electron chi connectivity index (χ3n) is 4.41. The molecule has 8 heteroatoms. The third-order valence-corrected chi connectivity index (χ3v) is 4.41. The molecule has 0 aliphatic carbocycles. The van der Waals surface area contributed by atoms with E-state index < -0.39 is 16.4 Å². The SMILES string of the molecule is Cc1nc2ccccc2c(=O)n1/N=C\c1cc(C(C)(C)C)cc([N+](=O)[O-])c1O. The van der Waals surface area contributed by atoms with Crippen LogP contribution in [-0.4, -0.2) is 25.9 Å². The zero-order valence-corrected chi connectivity index (χ0v) is 16.0. The van der Waals surface area contributed by atoms with Crippen LogP contribution in [0, 0.1) is 17.0 Å². The number of para-hydroxylation sites is 1. The van der Waals surface area contributed by atoms with Gasteiger partial charge in [0.15, 0.2) is 0 Å². The smallest absolute Gasteiger partial charge is 0.311 e. The van der Waals surface area contributed by atoms with E-state index in [0.717, 1.165) is 4.68 Å². The van der Waals surface area contributed by atoms with E-state index in [1.54, 1.807) is 37.3 Å². The van der Waals surface area contributed by atoms with Gasteiger partial charge in [0.2, 0.25) is 5.75 Å². The summed E-state index contributed by atoms with van der Waals surface area (Å²) in [7, 11) is 0. The van der Waals surface area contributed by atoms with Gasteiger partial charge >= 0.3 is 5.69 Å². The molecular weight excluding hydrogens is 360 g/mol. The van der Waals surface area contributed by atoms with Crippen LogP contribution in [0.4, 0.5) is 5.69 Å². The first kappa shape index (κ1) is 19.2. The molecule has 8 nitrogen and oxygen atoms in total. The van der Waals surface area contributed by atoms with Gasteiger partial charge in [-0.05, 0) is 36.1 Å². The number of hydrogen-bond acceptors (Lipinski definition) is 6. The Hall–Kier alpha value is -3.55. The lowest BCUT2D eigenvalue weighted by molar-refractivity contribution is -0.386. The molecule has 2 aromatic carbocycles. The summed E-state index contributed by atoms with van der Waals surface area (Å²) in [5, 5.41) is 26.2. The monoisotopic (exact) mass is 380 g/mol. The molecule has 28 heavy (non-hydrogen) atoms. The van der Waals surface area contributed by atoms with E-state index in [0.29, 0.717) is 22.3 Å². The number of fused-ring (bicyclic) bond motifs is 1. The lowest BCUT2D eigenvalue weighted by Gasteiger charge is -2.19. The number of benzene rings is 2. The first-order chi connectivity index (χ1) is 13.1. The molecule has 0 aliphatic rings. The van der Waals surface area contributed by atoms with E-state index in [4.69, 9.17) is 0 Å². The Balaban J connectivity index is 2.18. The second-order valence-corrected chi connectivity index (χ2v) is 7.48. The quantitative estimate of drug-likeness (QED) is 0.425. The zero-order chi connectivity index (χ0) is 20.6. The first-order valence-electron chi connectivity index (χ1n) is 8.64. The highest BCUT2D eigenvalue weighted by Gasteiger charge is 2.23. The van der Waals surface area contributed by atoms with E-state index in [9.17, 15) is 20.0 Å². The Morgan fingerprint density at radius 1 is 1.25 bits per heavy atom. The van der Waals surface area contributed by atoms with Crippen molar-refractivity contribution in [2.24, 2.45) is 5.10 Å². The minimum Gasteiger partial charge on any atom is -0.502 e. The minimum atomic E-state index is -0.642. The summed E-state index contributed by atoms with van der Waals surface area (Å²) in [5.74, 6) is -0.137. The van der Waals surface area contributed by atoms with Gasteiger partial charge in [0, 0.05) is 11.6 Å². The Labute approximate surface area is 160 Å². The van der Waals surface area contributed by atoms with Crippen molar-refractivity contribution >= 4 is 22.8 Å². The second kappa shape index (κ2) is 6.88. The third kappa shape index (κ3) is 3.48. The number of hydrogen-bond donors (Lipinski definition) is 1. The van der Waals surface area contributed by atoms with Crippen molar-refractivity contribution in [2.75, 3.05) is 0 Å². The van der Waals surface area contributed by atoms with Gasteiger partial charge in [-0.25, -0.2) is 4.98 Å². The molecule has 1 aromatic heterocycles. The number of aromatic hydroxyl groups is 1. The van der Waals surface area contributed by atoms with Crippen molar-refractivity contribution < 1.29 is 10.0 Å². The van der Waals surface area contributed by atoms with Crippen molar-refractivity contribution in [2.45, 2.75) is 33.1 Å². The predicted octanol–water partition coefficient (Wildman–Crippen LogP) is 3.50. The van der Waals surface area contributed by atoms with Gasteiger partial charge in [-0.2, -0.15) is 9.78 Å². The van der Waals surface area contributed by atoms with Crippen LogP contribution < -0.4 is 5.56 Å². The van der Waals surface area contributed by atoms with Gasteiger partial charge in [0.1, 0.15) is 5.82 Å². The van der Waals surface area contributed by atoms with Gasteiger partial charge in [0.25, 0.3) is 5.56 Å². The van der Waals surface area contributed by atoms with Crippen molar-refractivity contribution in [3.63, 3.8) is 0 Å². The van der Waals surface area contributed by atoms with Gasteiger partial charge in [-0.3, -0.25) is 14.9 Å². The second-order valence-electron chi connectivity index (χ2n) is 7.48. The summed E-state index contributed by atoms with van der Waals surface area (Å²) in [6.07, 6.45) is 1.24. The Bertz CT molecular complexity index is 1170. The van der Waals surface area contributed by atoms with Crippen LogP contribution >= 0.6 is 0 Å². The molecule has 0 unspecified atom stereocenters. The van der Waals surface area contributed by atoms with Gasteiger partial charge in [-0.15, -0.1) is 0 Å². The number of nitro groups is 1. The van der Waals surface area contributed by atoms with E-state index >= 15 is 0 Å². The highest BCUT2D eigenvalue weighted by Crippen LogP contribution is 2.35. The fraction of sp³-hybridized carbons (Fsp3) is 0.250. The number of aromatic nitrogens is 2. The number of aryl methyl sites for hydroxylation is 1. The van der Waals surface area contributed by atoms with Crippen LogP contribution in [0.1, 0.15) is 37.7 Å². The standard InChI is InChI=1S/C20H20N4O4/c1-12-22-16-8-6-5-7-15(16)19(26)23(12)21-11-13-9-14(20(2,3)4)10-17(18(13)25)24(27)28/h5-11,25H,1-4H3/b21-11-. The molecule has 3 rings (SSSR count). The number of phenolic OH excluding ortho intramolecular Hbond substituents is 1. The van der Waals surface area contributed by atoms with Crippen LogP contribution in [0.2, 0.25) is 0 Å². The molecule has 1 heterocycles. The van der Waals surface area contributed by atoms with Crippen LogP contribution in [-0.2, 0) is 5.41 Å². The Morgan fingerprint density at radius 3 is 2.57 bits per heavy atom. The molecule has 0 saturated carbocycles. The molecule has 0 radical (unpaired) electrons. The molecule has 0 spiro atoms. The fourth-order valence-electron chi connectivity index (χ4n) is 2.80. The highest BCUT2D eigenvalue weighted by atomic mass is 16.6. The van der Waals surface area contributed by atoms with E-state index in [1.807, 2.05) is 20.8 Å². The molecule has 0 fully saturated rings. The van der Waals surface area contributed by atoms with E-state index in [-0.39, 0.29) is 16.5 Å². The maximum atomic E-state index is 12.7. The van der Waals surface area contributed by atoms with Crippen molar-refractivity contribution in [1.82, 2.24) is 9.66 Å². The molecule has 0 atom stereocenters. The minimum absolute atomic E-state index is 0.151. The lowest BCUT2D eigenvalue weighted by Crippen LogP contribution is -2.20. The Kier molecular flexibility index (Phi) is 4.72. The topological polar surface area (TPSA) is 111 Å². The summed E-state index contributed by atoms with van der Waals surface area (Å²) >= 11 is 0. The highest BCUT2D eigenvalue weighted by molar-refractivity contribution is 5.86. The fourth-order valence-corrected chi connectivity index (χ4v) is 2.80. The first-order valence-corrected chi connectivity index (χ1v) is 8.64. The predicted molar refractivity (Wildman–Crippen MR) is 107 cm³/mol.